The number of nitrogens with zero attached hydrogens (tertiary/aromatic N) is 4. The number of ether oxygens (including phenoxy) is 1. The molecule has 38 heavy (non-hydrogen) atoms. The van der Waals surface area contributed by atoms with E-state index < -0.39 is 54.2 Å². The molecule has 0 saturated carbocycles. The number of hydrogen-bond acceptors (Lipinski definition) is 10. The SMILES string of the molecule is NC(=O)c1cc(C#C[C@@H](CC[C@H](N)C(=O)O)C[C@H]2O[C@@H](n3cnc4c(N)ncnc43)[C@H](O)[C@@H]2O)ccc1F. The Morgan fingerprint density at radius 2 is 1.95 bits per heavy atom. The van der Waals surface area contributed by atoms with Gasteiger partial charge in [-0.3, -0.25) is 14.2 Å². The second kappa shape index (κ2) is 11.1. The first-order chi connectivity index (χ1) is 18.1. The molecule has 9 N–H and O–H groups in total. The van der Waals surface area contributed by atoms with E-state index in [-0.39, 0.29) is 30.6 Å². The van der Waals surface area contributed by atoms with Crippen molar-refractivity contribution in [1.29, 1.82) is 0 Å². The smallest absolute Gasteiger partial charge is 0.320 e. The molecule has 0 spiro atoms. The lowest BCUT2D eigenvalue weighted by Gasteiger charge is -2.19. The quantitative estimate of drug-likeness (QED) is 0.205. The summed E-state index contributed by atoms with van der Waals surface area (Å²) < 4.78 is 21.2. The number of carbonyl (C=O) groups excluding carboxylic acids is 1. The van der Waals surface area contributed by atoms with Crippen LogP contribution < -0.4 is 17.2 Å². The predicted octanol–water partition coefficient (Wildman–Crippen LogP) is -0.484. The number of carboxylic acids is 1. The molecule has 1 fully saturated rings. The number of nitrogen functional groups attached to an aromatic ring is 1. The zero-order valence-corrected chi connectivity index (χ0v) is 19.9. The number of aliphatic hydroxyl groups excluding tert-OH is 2. The van der Waals surface area contributed by atoms with Crippen molar-refractivity contribution < 1.29 is 34.0 Å². The number of anilines is 1. The van der Waals surface area contributed by atoms with Crippen LogP contribution in [-0.4, -0.2) is 71.1 Å². The Morgan fingerprint density at radius 3 is 2.66 bits per heavy atom. The van der Waals surface area contributed by atoms with Crippen molar-refractivity contribution >= 4 is 28.9 Å². The van der Waals surface area contributed by atoms with Gasteiger partial charge >= 0.3 is 5.97 Å². The van der Waals surface area contributed by atoms with Crippen LogP contribution in [0.2, 0.25) is 0 Å². The average molecular weight is 528 g/mol. The third kappa shape index (κ3) is 5.55. The number of fused-ring (bicyclic) bond motifs is 1. The van der Waals surface area contributed by atoms with Gasteiger partial charge in [0.25, 0.3) is 5.91 Å². The topological polar surface area (TPSA) is 226 Å². The summed E-state index contributed by atoms with van der Waals surface area (Å²) in [6, 6.07) is 2.51. The molecule has 4 rings (SSSR count). The first-order valence-electron chi connectivity index (χ1n) is 11.6. The molecule has 3 aromatic rings. The van der Waals surface area contributed by atoms with E-state index in [9.17, 15) is 24.2 Å². The molecule has 0 unspecified atom stereocenters. The summed E-state index contributed by atoms with van der Waals surface area (Å²) in [7, 11) is 0. The number of halogens is 1. The number of benzene rings is 1. The summed E-state index contributed by atoms with van der Waals surface area (Å²) in [5.41, 5.74) is 17.3. The fourth-order valence-corrected chi connectivity index (χ4v) is 4.22. The zero-order valence-electron chi connectivity index (χ0n) is 19.9. The number of aliphatic carboxylic acids is 1. The van der Waals surface area contributed by atoms with Crippen molar-refractivity contribution in [3.63, 3.8) is 0 Å². The molecular weight excluding hydrogens is 501 g/mol. The van der Waals surface area contributed by atoms with Gasteiger partial charge in [-0.15, -0.1) is 0 Å². The minimum Gasteiger partial charge on any atom is -0.480 e. The van der Waals surface area contributed by atoms with Gasteiger partial charge in [-0.2, -0.15) is 0 Å². The first-order valence-corrected chi connectivity index (χ1v) is 11.6. The largest absolute Gasteiger partial charge is 0.480 e. The van der Waals surface area contributed by atoms with Gasteiger partial charge in [0.2, 0.25) is 0 Å². The van der Waals surface area contributed by atoms with Gasteiger partial charge in [0.15, 0.2) is 17.7 Å². The Kier molecular flexibility index (Phi) is 7.83. The monoisotopic (exact) mass is 527 g/mol. The second-order valence-electron chi connectivity index (χ2n) is 8.91. The molecule has 200 valence electrons. The molecule has 0 aliphatic carbocycles. The lowest BCUT2D eigenvalue weighted by molar-refractivity contribution is -0.138. The van der Waals surface area contributed by atoms with Crippen LogP contribution in [0.1, 0.15) is 41.4 Å². The van der Waals surface area contributed by atoms with Crippen LogP contribution in [0, 0.1) is 23.6 Å². The summed E-state index contributed by atoms with van der Waals surface area (Å²) in [6.07, 6.45) is -1.62. The third-order valence-electron chi connectivity index (χ3n) is 6.31. The van der Waals surface area contributed by atoms with Gasteiger partial charge in [-0.1, -0.05) is 11.8 Å². The summed E-state index contributed by atoms with van der Waals surface area (Å²) in [6.45, 7) is 0. The third-order valence-corrected chi connectivity index (χ3v) is 6.31. The van der Waals surface area contributed by atoms with E-state index in [4.69, 9.17) is 27.0 Å². The van der Waals surface area contributed by atoms with Crippen molar-refractivity contribution in [3.05, 3.63) is 47.8 Å². The summed E-state index contributed by atoms with van der Waals surface area (Å²) in [5, 5.41) is 30.6. The van der Waals surface area contributed by atoms with Gasteiger partial charge in [-0.05, 0) is 37.5 Å². The maximum absolute atomic E-state index is 13.8. The lowest BCUT2D eigenvalue weighted by Crippen LogP contribution is -2.33. The molecule has 1 saturated heterocycles. The maximum atomic E-state index is 13.8. The summed E-state index contributed by atoms with van der Waals surface area (Å²) in [5.74, 6) is 2.48. The van der Waals surface area contributed by atoms with E-state index >= 15 is 0 Å². The van der Waals surface area contributed by atoms with E-state index in [1.807, 2.05) is 0 Å². The number of rotatable bonds is 8. The van der Waals surface area contributed by atoms with Crippen LogP contribution in [0.5, 0.6) is 0 Å². The minimum atomic E-state index is -1.35. The van der Waals surface area contributed by atoms with Gasteiger partial charge in [0.1, 0.15) is 35.9 Å². The summed E-state index contributed by atoms with van der Waals surface area (Å²) in [4.78, 5) is 34.8. The Morgan fingerprint density at radius 1 is 1.18 bits per heavy atom. The highest BCUT2D eigenvalue weighted by Crippen LogP contribution is 2.35. The Bertz CT molecular complexity index is 1420. The van der Waals surface area contributed by atoms with E-state index in [0.717, 1.165) is 6.07 Å². The standard InChI is InChI=1S/C24H26FN7O6/c25-14-5-3-11(7-13(14)21(28)35)1-2-12(4-6-15(26)24(36)37)8-16-18(33)19(34)23(38-16)32-10-31-17-20(27)29-9-30-22(17)32/h3,5,7,9-10,12,15-16,18-19,23,33-34H,4,6,8,26H2,(H2,28,35)(H,36,37)(H2,27,29,30)/t12-,15-,16+,18+,19+,23+/m0/s1. The highest BCUT2D eigenvalue weighted by molar-refractivity contribution is 5.93. The van der Waals surface area contributed by atoms with E-state index in [0.29, 0.717) is 16.7 Å². The van der Waals surface area contributed by atoms with Crippen LogP contribution in [0.4, 0.5) is 10.2 Å². The van der Waals surface area contributed by atoms with Crippen LogP contribution in [0.3, 0.4) is 0 Å². The highest BCUT2D eigenvalue weighted by atomic mass is 19.1. The zero-order chi connectivity index (χ0) is 27.6. The molecule has 14 heteroatoms. The summed E-state index contributed by atoms with van der Waals surface area (Å²) >= 11 is 0. The van der Waals surface area contributed by atoms with Gasteiger partial charge in [-0.25, -0.2) is 19.3 Å². The van der Waals surface area contributed by atoms with Crippen molar-refractivity contribution in [2.45, 2.75) is 49.8 Å². The average Bonchev–Trinajstić information content (AvgIpc) is 3.43. The number of imidazole rings is 1. The van der Waals surface area contributed by atoms with Crippen molar-refractivity contribution in [2.24, 2.45) is 17.4 Å². The molecule has 0 bridgehead atoms. The molecule has 3 heterocycles. The van der Waals surface area contributed by atoms with Crippen LogP contribution >= 0.6 is 0 Å². The molecule has 1 aliphatic rings. The number of aliphatic hydroxyl groups is 2. The number of primary amides is 1. The number of aromatic nitrogens is 4. The Hall–Kier alpha value is -4.16. The second-order valence-corrected chi connectivity index (χ2v) is 8.91. The van der Waals surface area contributed by atoms with Crippen LogP contribution in [-0.2, 0) is 9.53 Å². The Balaban J connectivity index is 1.57. The van der Waals surface area contributed by atoms with Crippen LogP contribution in [0.15, 0.2) is 30.9 Å². The van der Waals surface area contributed by atoms with E-state index in [1.54, 1.807) is 0 Å². The normalized spacial score (nSPS) is 22.5. The van der Waals surface area contributed by atoms with Crippen molar-refractivity contribution in [3.8, 4) is 11.8 Å². The van der Waals surface area contributed by atoms with E-state index in [2.05, 4.69) is 26.8 Å². The lowest BCUT2D eigenvalue weighted by atomic mass is 9.92. The number of nitrogens with two attached hydrogens (primary N) is 3. The molecule has 6 atom stereocenters. The molecule has 0 radical (unpaired) electrons. The van der Waals surface area contributed by atoms with Gasteiger partial charge in [0, 0.05) is 11.5 Å². The molecular formula is C24H26FN7O6. The minimum absolute atomic E-state index is 0.0712. The fourth-order valence-electron chi connectivity index (χ4n) is 4.22. The maximum Gasteiger partial charge on any atom is 0.320 e. The Labute approximate surface area is 215 Å². The van der Waals surface area contributed by atoms with Gasteiger partial charge < -0.3 is 37.3 Å². The highest BCUT2D eigenvalue weighted by Gasteiger charge is 2.45. The number of amides is 1. The molecule has 2 aromatic heterocycles. The van der Waals surface area contributed by atoms with E-state index in [1.165, 1.54) is 29.4 Å². The number of hydrogen-bond donors (Lipinski definition) is 6. The molecule has 1 aliphatic heterocycles. The van der Waals surface area contributed by atoms with Crippen LogP contribution in [0.25, 0.3) is 11.2 Å². The predicted molar refractivity (Wildman–Crippen MR) is 130 cm³/mol. The first kappa shape index (κ1) is 26.9. The van der Waals surface area contributed by atoms with Crippen molar-refractivity contribution in [2.75, 3.05) is 5.73 Å². The van der Waals surface area contributed by atoms with Gasteiger partial charge in [0.05, 0.1) is 18.0 Å². The molecule has 1 aromatic carbocycles. The fraction of sp³-hybridized carbons (Fsp3) is 0.375. The molecule has 13 nitrogen and oxygen atoms in total. The number of carboxylic acid groups (broad SMARTS) is 1. The molecule has 1 amide bonds. The number of carbonyl (C=O) groups is 2. The van der Waals surface area contributed by atoms with Crippen molar-refractivity contribution in [1.82, 2.24) is 19.5 Å².